The summed E-state index contributed by atoms with van der Waals surface area (Å²) >= 11 is 0. The molecule has 0 atom stereocenters. The number of aryl methyl sites for hydroxylation is 1. The Morgan fingerprint density at radius 3 is 2.83 bits per heavy atom. The smallest absolute Gasteiger partial charge is 0.222 e. The number of hydrogen-bond donors (Lipinski definition) is 1. The highest BCUT2D eigenvalue weighted by molar-refractivity contribution is 5.76. The third-order valence-electron chi connectivity index (χ3n) is 5.56. The van der Waals surface area contributed by atoms with Gasteiger partial charge in [0.1, 0.15) is 11.6 Å². The van der Waals surface area contributed by atoms with E-state index >= 15 is 0 Å². The van der Waals surface area contributed by atoms with Gasteiger partial charge in [-0.2, -0.15) is 15.4 Å². The van der Waals surface area contributed by atoms with Crippen molar-refractivity contribution in [1.29, 1.82) is 0 Å². The molecule has 3 aromatic rings. The van der Waals surface area contributed by atoms with Gasteiger partial charge < -0.3 is 9.64 Å². The van der Waals surface area contributed by atoms with Gasteiger partial charge in [-0.1, -0.05) is 12.1 Å². The number of rotatable bonds is 7. The summed E-state index contributed by atoms with van der Waals surface area (Å²) in [5, 5.41) is 10.4. The Bertz CT molecular complexity index is 967. The minimum Gasteiger partial charge on any atom is -0.496 e. The van der Waals surface area contributed by atoms with Gasteiger partial charge in [-0.3, -0.25) is 4.79 Å². The second-order valence-corrected chi connectivity index (χ2v) is 7.47. The van der Waals surface area contributed by atoms with Gasteiger partial charge in [-0.05, 0) is 43.9 Å². The van der Waals surface area contributed by atoms with E-state index in [1.165, 1.54) is 0 Å². The van der Waals surface area contributed by atoms with Gasteiger partial charge in [0.05, 0.1) is 24.7 Å². The minimum absolute atomic E-state index is 0.209. The second kappa shape index (κ2) is 9.47. The van der Waals surface area contributed by atoms with E-state index in [2.05, 4.69) is 20.4 Å². The number of hydrogen-bond acceptors (Lipinski definition) is 6. The zero-order chi connectivity index (χ0) is 20.8. The molecule has 8 heteroatoms. The lowest BCUT2D eigenvalue weighted by atomic mass is 9.95. The van der Waals surface area contributed by atoms with Crippen LogP contribution in [0.3, 0.4) is 0 Å². The number of aromatic nitrogens is 5. The number of nitrogens with zero attached hydrogens (tertiary/aromatic N) is 5. The van der Waals surface area contributed by atoms with Gasteiger partial charge in [0, 0.05) is 37.2 Å². The number of carbonyl (C=O) groups is 1. The molecule has 1 aliphatic heterocycles. The molecule has 1 fully saturated rings. The highest BCUT2D eigenvalue weighted by Gasteiger charge is 2.25. The average Bonchev–Trinajstić information content (AvgIpc) is 3.33. The molecule has 156 valence electrons. The first kappa shape index (κ1) is 20.0. The number of para-hydroxylation sites is 1. The highest BCUT2D eigenvalue weighted by atomic mass is 16.5. The fourth-order valence-electron chi connectivity index (χ4n) is 3.89. The van der Waals surface area contributed by atoms with Crippen LogP contribution in [0.2, 0.25) is 0 Å². The maximum atomic E-state index is 12.5. The van der Waals surface area contributed by atoms with E-state index in [-0.39, 0.29) is 11.8 Å². The van der Waals surface area contributed by atoms with Gasteiger partial charge in [0.25, 0.3) is 0 Å². The van der Waals surface area contributed by atoms with Crippen molar-refractivity contribution in [3.8, 4) is 17.0 Å². The molecule has 1 saturated heterocycles. The van der Waals surface area contributed by atoms with E-state index in [1.807, 2.05) is 41.4 Å². The van der Waals surface area contributed by atoms with E-state index in [9.17, 15) is 4.79 Å². The van der Waals surface area contributed by atoms with Crippen LogP contribution in [-0.2, 0) is 11.2 Å². The van der Waals surface area contributed by atoms with Crippen LogP contribution in [0, 0.1) is 0 Å². The summed E-state index contributed by atoms with van der Waals surface area (Å²) in [5.41, 5.74) is 2.72. The van der Waals surface area contributed by atoms with E-state index in [1.54, 1.807) is 13.3 Å². The molecule has 3 heterocycles. The fraction of sp³-hybridized carbons (Fsp3) is 0.409. The molecule has 0 radical (unpaired) electrons. The van der Waals surface area contributed by atoms with Crippen molar-refractivity contribution in [2.45, 2.75) is 38.0 Å². The molecule has 1 amide bonds. The van der Waals surface area contributed by atoms with Crippen LogP contribution in [0.15, 0.2) is 42.7 Å². The van der Waals surface area contributed by atoms with Crippen LogP contribution in [-0.4, -0.2) is 56.4 Å². The topological polar surface area (TPSA) is 96.9 Å². The Morgan fingerprint density at radius 2 is 2.07 bits per heavy atom. The predicted molar refractivity (Wildman–Crippen MR) is 112 cm³/mol. The molecular formula is C22H26N6O2. The maximum absolute atomic E-state index is 12.5. The Labute approximate surface area is 175 Å². The minimum atomic E-state index is 0.209. The molecular weight excluding hydrogens is 380 g/mol. The number of ether oxygens (including phenoxy) is 1. The van der Waals surface area contributed by atoms with E-state index in [4.69, 9.17) is 9.72 Å². The maximum Gasteiger partial charge on any atom is 0.222 e. The number of aromatic amines is 1. The largest absolute Gasteiger partial charge is 0.496 e. The molecule has 0 saturated carbocycles. The summed E-state index contributed by atoms with van der Waals surface area (Å²) in [6.45, 7) is 1.49. The van der Waals surface area contributed by atoms with Gasteiger partial charge in [0.2, 0.25) is 5.91 Å². The normalized spacial score (nSPS) is 14.6. The molecule has 0 bridgehead atoms. The third-order valence-corrected chi connectivity index (χ3v) is 5.56. The lowest BCUT2D eigenvalue weighted by Crippen LogP contribution is -2.38. The summed E-state index contributed by atoms with van der Waals surface area (Å²) < 4.78 is 5.47. The van der Waals surface area contributed by atoms with Crippen molar-refractivity contribution in [3.63, 3.8) is 0 Å². The zero-order valence-electron chi connectivity index (χ0n) is 17.1. The molecule has 0 spiro atoms. The molecule has 1 aromatic carbocycles. The quantitative estimate of drug-likeness (QED) is 0.648. The van der Waals surface area contributed by atoms with Crippen LogP contribution in [0.1, 0.15) is 43.1 Å². The predicted octanol–water partition coefficient (Wildman–Crippen LogP) is 3.00. The number of methoxy groups -OCH3 is 1. The first-order valence-electron chi connectivity index (χ1n) is 10.3. The van der Waals surface area contributed by atoms with Crippen molar-refractivity contribution >= 4 is 5.91 Å². The number of carbonyl (C=O) groups excluding carboxylic acids is 1. The Balaban J connectivity index is 1.33. The number of H-pyrrole nitrogens is 1. The molecule has 0 unspecified atom stereocenters. The van der Waals surface area contributed by atoms with E-state index in [0.717, 1.165) is 67.3 Å². The molecule has 1 aliphatic rings. The summed E-state index contributed by atoms with van der Waals surface area (Å²) in [7, 11) is 1.67. The third kappa shape index (κ3) is 4.64. The standard InChI is InChI=1S/C22H26N6O2/c1-30-20-7-3-2-6-18(20)19-9-12-23-22(25-19)16-10-13-28(14-11-16)21(29)8-4-5-17-15-24-27-26-17/h2-3,6-7,9,12,15-16H,4-5,8,10-11,13-14H2,1H3,(H,24,26,27). The van der Waals surface area contributed by atoms with Crippen LogP contribution in [0.5, 0.6) is 5.75 Å². The molecule has 0 aliphatic carbocycles. The molecule has 30 heavy (non-hydrogen) atoms. The molecule has 2 aromatic heterocycles. The van der Waals surface area contributed by atoms with Crippen LogP contribution < -0.4 is 4.74 Å². The lowest BCUT2D eigenvalue weighted by Gasteiger charge is -2.31. The summed E-state index contributed by atoms with van der Waals surface area (Å²) in [6, 6.07) is 9.78. The van der Waals surface area contributed by atoms with Crippen molar-refractivity contribution < 1.29 is 9.53 Å². The van der Waals surface area contributed by atoms with Gasteiger partial charge in [0.15, 0.2) is 0 Å². The summed E-state index contributed by atoms with van der Waals surface area (Å²) in [4.78, 5) is 23.8. The van der Waals surface area contributed by atoms with E-state index < -0.39 is 0 Å². The summed E-state index contributed by atoms with van der Waals surface area (Å²) in [6.07, 6.45) is 7.37. The van der Waals surface area contributed by atoms with Gasteiger partial charge in [-0.15, -0.1) is 0 Å². The lowest BCUT2D eigenvalue weighted by molar-refractivity contribution is -0.132. The van der Waals surface area contributed by atoms with Crippen molar-refractivity contribution in [1.82, 2.24) is 30.3 Å². The van der Waals surface area contributed by atoms with Crippen LogP contribution >= 0.6 is 0 Å². The van der Waals surface area contributed by atoms with Crippen molar-refractivity contribution in [2.24, 2.45) is 0 Å². The highest BCUT2D eigenvalue weighted by Crippen LogP contribution is 2.31. The first-order chi connectivity index (χ1) is 14.7. The fourth-order valence-corrected chi connectivity index (χ4v) is 3.89. The Hall–Kier alpha value is -3.29. The SMILES string of the molecule is COc1ccccc1-c1ccnc(C2CCN(C(=O)CCCc3cn[nH]n3)CC2)n1. The molecule has 1 N–H and O–H groups in total. The van der Waals surface area contributed by atoms with Gasteiger partial charge >= 0.3 is 0 Å². The van der Waals surface area contributed by atoms with Crippen LogP contribution in [0.4, 0.5) is 0 Å². The van der Waals surface area contributed by atoms with Crippen LogP contribution in [0.25, 0.3) is 11.3 Å². The Kier molecular flexibility index (Phi) is 6.32. The molecule has 8 nitrogen and oxygen atoms in total. The monoisotopic (exact) mass is 406 g/mol. The second-order valence-electron chi connectivity index (χ2n) is 7.47. The summed E-state index contributed by atoms with van der Waals surface area (Å²) in [5.74, 6) is 2.11. The molecule has 4 rings (SSSR count). The zero-order valence-corrected chi connectivity index (χ0v) is 17.1. The van der Waals surface area contributed by atoms with Crippen molar-refractivity contribution in [2.75, 3.05) is 20.2 Å². The van der Waals surface area contributed by atoms with Gasteiger partial charge in [-0.25, -0.2) is 9.97 Å². The number of nitrogens with one attached hydrogen (secondary N) is 1. The van der Waals surface area contributed by atoms with Crippen molar-refractivity contribution in [3.05, 3.63) is 54.2 Å². The first-order valence-corrected chi connectivity index (χ1v) is 10.3. The Morgan fingerprint density at radius 1 is 1.23 bits per heavy atom. The average molecular weight is 406 g/mol. The number of likely N-dealkylation sites (tertiary alicyclic amines) is 1. The number of benzene rings is 1. The number of piperidine rings is 1. The number of amides is 1. The van der Waals surface area contributed by atoms with E-state index in [0.29, 0.717) is 6.42 Å².